The molecular formula is C14H17N9. The number of rotatable bonds is 3. The molecule has 118 valence electrons. The fourth-order valence-electron chi connectivity index (χ4n) is 2.96. The first kappa shape index (κ1) is 13.8. The maximum Gasteiger partial charge on any atom is 0.200 e. The summed E-state index contributed by atoms with van der Waals surface area (Å²) in [5.41, 5.74) is 0.645. The van der Waals surface area contributed by atoms with Gasteiger partial charge in [-0.1, -0.05) is 0 Å². The molecule has 9 nitrogen and oxygen atoms in total. The van der Waals surface area contributed by atoms with Gasteiger partial charge in [-0.2, -0.15) is 5.10 Å². The summed E-state index contributed by atoms with van der Waals surface area (Å²) >= 11 is 0. The predicted octanol–water partition coefficient (Wildman–Crippen LogP) is 0.414. The molecule has 23 heavy (non-hydrogen) atoms. The molecule has 1 saturated heterocycles. The van der Waals surface area contributed by atoms with Crippen LogP contribution in [0, 0.1) is 0 Å². The van der Waals surface area contributed by atoms with E-state index in [1.165, 1.54) is 4.63 Å². The van der Waals surface area contributed by atoms with Gasteiger partial charge in [0.25, 0.3) is 0 Å². The first-order chi connectivity index (χ1) is 11.3. The lowest BCUT2D eigenvalue weighted by Gasteiger charge is -2.38. The number of fused-ring (bicyclic) bond motifs is 1. The van der Waals surface area contributed by atoms with Gasteiger partial charge in [0.15, 0.2) is 17.3 Å². The molecule has 3 aromatic heterocycles. The first-order valence-electron chi connectivity index (χ1n) is 7.62. The molecule has 0 spiro atoms. The standard InChI is InChI=1S/C14H17N9/c1-21(14-7-6-13-17-19-20-23(13)18-14)11-4-3-9-22(10-11)12-5-2-8-15-16-12/h2,5-8,11H,3-4,9-10H2,1H3/t11-/m0/s1. The lowest BCUT2D eigenvalue weighted by atomic mass is 10.0. The summed E-state index contributed by atoms with van der Waals surface area (Å²) in [5.74, 6) is 1.78. The lowest BCUT2D eigenvalue weighted by Crippen LogP contribution is -2.47. The minimum atomic E-state index is 0.354. The van der Waals surface area contributed by atoms with E-state index in [1.54, 1.807) is 6.20 Å². The second-order valence-electron chi connectivity index (χ2n) is 5.65. The molecule has 4 rings (SSSR count). The van der Waals surface area contributed by atoms with Gasteiger partial charge >= 0.3 is 0 Å². The van der Waals surface area contributed by atoms with E-state index in [0.29, 0.717) is 11.7 Å². The molecule has 4 heterocycles. The van der Waals surface area contributed by atoms with E-state index in [4.69, 9.17) is 0 Å². The maximum atomic E-state index is 4.47. The molecule has 0 aromatic carbocycles. The Morgan fingerprint density at radius 1 is 1.22 bits per heavy atom. The van der Waals surface area contributed by atoms with Crippen molar-refractivity contribution in [1.29, 1.82) is 0 Å². The maximum absolute atomic E-state index is 4.47. The minimum Gasteiger partial charge on any atom is -0.353 e. The Morgan fingerprint density at radius 2 is 2.17 bits per heavy atom. The number of likely N-dealkylation sites (N-methyl/N-ethyl adjacent to an activating group) is 1. The molecule has 3 aromatic rings. The van der Waals surface area contributed by atoms with Crippen LogP contribution in [0.5, 0.6) is 0 Å². The number of hydrogen-bond acceptors (Lipinski definition) is 8. The largest absolute Gasteiger partial charge is 0.353 e. The van der Waals surface area contributed by atoms with Crippen molar-refractivity contribution in [2.75, 3.05) is 29.9 Å². The van der Waals surface area contributed by atoms with Crippen LogP contribution < -0.4 is 9.80 Å². The monoisotopic (exact) mass is 311 g/mol. The van der Waals surface area contributed by atoms with E-state index in [-0.39, 0.29) is 0 Å². The number of aromatic nitrogens is 7. The Balaban J connectivity index is 1.54. The Kier molecular flexibility index (Phi) is 3.45. The summed E-state index contributed by atoms with van der Waals surface area (Å²) in [5, 5.41) is 24.0. The van der Waals surface area contributed by atoms with Crippen LogP contribution in [0.4, 0.5) is 11.6 Å². The molecule has 0 bridgehead atoms. The summed E-state index contributed by atoms with van der Waals surface area (Å²) in [6.45, 7) is 1.90. The molecule has 0 saturated carbocycles. The molecule has 1 fully saturated rings. The number of piperidine rings is 1. The van der Waals surface area contributed by atoms with E-state index in [9.17, 15) is 0 Å². The predicted molar refractivity (Wildman–Crippen MR) is 84.2 cm³/mol. The fraction of sp³-hybridized carbons (Fsp3) is 0.429. The van der Waals surface area contributed by atoms with Crippen LogP contribution in [0.2, 0.25) is 0 Å². The van der Waals surface area contributed by atoms with E-state index >= 15 is 0 Å². The Morgan fingerprint density at radius 3 is 3.04 bits per heavy atom. The first-order valence-corrected chi connectivity index (χ1v) is 7.62. The molecule has 0 N–H and O–H groups in total. The van der Waals surface area contributed by atoms with Crippen LogP contribution >= 0.6 is 0 Å². The topological polar surface area (TPSA) is 88.2 Å². The van der Waals surface area contributed by atoms with Gasteiger partial charge in [-0.15, -0.1) is 19.9 Å². The third-order valence-electron chi connectivity index (χ3n) is 4.24. The van der Waals surface area contributed by atoms with Gasteiger partial charge in [0, 0.05) is 32.4 Å². The van der Waals surface area contributed by atoms with Crippen molar-refractivity contribution in [2.45, 2.75) is 18.9 Å². The molecular weight excluding hydrogens is 294 g/mol. The highest BCUT2D eigenvalue weighted by Crippen LogP contribution is 2.22. The van der Waals surface area contributed by atoms with Gasteiger partial charge in [-0.25, -0.2) is 0 Å². The summed E-state index contributed by atoms with van der Waals surface area (Å²) < 4.78 is 1.45. The normalized spacial score (nSPS) is 18.3. The molecule has 0 aliphatic carbocycles. The Bertz CT molecular complexity index is 787. The van der Waals surface area contributed by atoms with Gasteiger partial charge in [0.2, 0.25) is 0 Å². The van der Waals surface area contributed by atoms with Gasteiger partial charge in [0.05, 0.1) is 0 Å². The number of tetrazole rings is 1. The van der Waals surface area contributed by atoms with E-state index in [2.05, 4.69) is 47.7 Å². The smallest absolute Gasteiger partial charge is 0.200 e. The van der Waals surface area contributed by atoms with Crippen LogP contribution in [-0.4, -0.2) is 61.6 Å². The van der Waals surface area contributed by atoms with E-state index in [0.717, 1.165) is 37.6 Å². The highest BCUT2D eigenvalue weighted by molar-refractivity contribution is 5.46. The highest BCUT2D eigenvalue weighted by Gasteiger charge is 2.25. The van der Waals surface area contributed by atoms with Crippen LogP contribution in [-0.2, 0) is 0 Å². The van der Waals surface area contributed by atoms with Gasteiger partial charge in [0.1, 0.15) is 0 Å². The zero-order valence-electron chi connectivity index (χ0n) is 12.8. The molecule has 0 amide bonds. The van der Waals surface area contributed by atoms with Crippen molar-refractivity contribution in [3.63, 3.8) is 0 Å². The van der Waals surface area contributed by atoms with E-state index < -0.39 is 0 Å². The quantitative estimate of drug-likeness (QED) is 0.687. The minimum absolute atomic E-state index is 0.354. The van der Waals surface area contributed by atoms with Gasteiger partial charge < -0.3 is 9.80 Å². The average Bonchev–Trinajstić information content (AvgIpc) is 3.09. The average molecular weight is 311 g/mol. The zero-order valence-corrected chi connectivity index (χ0v) is 12.8. The molecule has 1 aliphatic rings. The zero-order chi connectivity index (χ0) is 15.6. The van der Waals surface area contributed by atoms with Crippen molar-refractivity contribution >= 4 is 17.3 Å². The summed E-state index contributed by atoms with van der Waals surface area (Å²) in [6, 6.07) is 8.10. The van der Waals surface area contributed by atoms with Crippen LogP contribution in [0.25, 0.3) is 5.65 Å². The third kappa shape index (κ3) is 2.65. The van der Waals surface area contributed by atoms with Crippen LogP contribution in [0.3, 0.4) is 0 Å². The summed E-state index contributed by atoms with van der Waals surface area (Å²) in [4.78, 5) is 4.46. The van der Waals surface area contributed by atoms with Gasteiger partial charge in [-0.3, -0.25) is 0 Å². The van der Waals surface area contributed by atoms with Crippen LogP contribution in [0.1, 0.15) is 12.8 Å². The highest BCUT2D eigenvalue weighted by atomic mass is 15.6. The Labute approximate surface area is 132 Å². The number of nitrogens with zero attached hydrogens (tertiary/aromatic N) is 9. The van der Waals surface area contributed by atoms with Crippen LogP contribution in [0.15, 0.2) is 30.5 Å². The van der Waals surface area contributed by atoms with E-state index in [1.807, 2.05) is 24.3 Å². The SMILES string of the molecule is CN(c1ccc2nnnn2n1)[C@H]1CCCN(c2cccnn2)C1. The van der Waals surface area contributed by atoms with Crippen molar-refractivity contribution in [3.05, 3.63) is 30.5 Å². The molecule has 0 radical (unpaired) electrons. The molecule has 9 heteroatoms. The van der Waals surface area contributed by atoms with Crippen molar-refractivity contribution < 1.29 is 0 Å². The number of hydrogen-bond donors (Lipinski definition) is 0. The van der Waals surface area contributed by atoms with Crippen molar-refractivity contribution in [3.8, 4) is 0 Å². The lowest BCUT2D eigenvalue weighted by molar-refractivity contribution is 0.480. The molecule has 1 atom stereocenters. The Hall–Kier alpha value is -2.84. The molecule has 1 aliphatic heterocycles. The number of anilines is 2. The summed E-state index contributed by atoms with van der Waals surface area (Å²) in [6.07, 6.45) is 3.92. The summed E-state index contributed by atoms with van der Waals surface area (Å²) in [7, 11) is 2.06. The molecule has 0 unspecified atom stereocenters. The van der Waals surface area contributed by atoms with Crippen molar-refractivity contribution in [2.24, 2.45) is 0 Å². The second kappa shape index (κ2) is 5.75. The second-order valence-corrected chi connectivity index (χ2v) is 5.65. The third-order valence-corrected chi connectivity index (χ3v) is 4.24. The van der Waals surface area contributed by atoms with Gasteiger partial charge in [-0.05, 0) is 47.5 Å². The van der Waals surface area contributed by atoms with Crippen molar-refractivity contribution in [1.82, 2.24) is 35.5 Å². The fourth-order valence-corrected chi connectivity index (χ4v) is 2.96.